The molecule has 0 aliphatic rings. The highest BCUT2D eigenvalue weighted by atomic mass is 35.5. The minimum atomic E-state index is -0.341. The molecule has 1 rings (SSSR count). The highest BCUT2D eigenvalue weighted by Gasteiger charge is 2.20. The highest BCUT2D eigenvalue weighted by molar-refractivity contribution is 5.85. The molecular formula is C17H28ClN3O2. The van der Waals surface area contributed by atoms with Gasteiger partial charge in [0.1, 0.15) is 0 Å². The molecule has 0 atom stereocenters. The fourth-order valence-corrected chi connectivity index (χ4v) is 2.02. The number of amides is 2. The van der Waals surface area contributed by atoms with Crippen LogP contribution in [0.15, 0.2) is 30.3 Å². The molecule has 5 nitrogen and oxygen atoms in total. The topological polar surface area (TPSA) is 84.2 Å². The quantitative estimate of drug-likeness (QED) is 0.640. The zero-order valence-corrected chi connectivity index (χ0v) is 14.7. The van der Waals surface area contributed by atoms with Gasteiger partial charge in [-0.2, -0.15) is 0 Å². The number of halogens is 1. The number of carbonyl (C=O) groups is 2. The SMILES string of the molecule is CCC(N)(CC)CNC(=O)CCNC(=O)Cc1ccccc1.Cl. The van der Waals surface area contributed by atoms with Crippen LogP contribution in [-0.2, 0) is 16.0 Å². The number of hydrogen-bond donors (Lipinski definition) is 3. The molecule has 0 aliphatic carbocycles. The summed E-state index contributed by atoms with van der Waals surface area (Å²) in [5, 5.41) is 5.59. The van der Waals surface area contributed by atoms with Crippen LogP contribution in [0.25, 0.3) is 0 Å². The van der Waals surface area contributed by atoms with Gasteiger partial charge in [-0.15, -0.1) is 12.4 Å². The summed E-state index contributed by atoms with van der Waals surface area (Å²) in [5.41, 5.74) is 6.74. The molecule has 0 saturated heterocycles. The van der Waals surface area contributed by atoms with Crippen LogP contribution in [0.1, 0.15) is 38.7 Å². The number of benzene rings is 1. The van der Waals surface area contributed by atoms with Gasteiger partial charge in [0.2, 0.25) is 11.8 Å². The molecule has 6 heteroatoms. The van der Waals surface area contributed by atoms with E-state index in [1.165, 1.54) is 0 Å². The largest absolute Gasteiger partial charge is 0.355 e. The van der Waals surface area contributed by atoms with Gasteiger partial charge in [0.15, 0.2) is 0 Å². The molecule has 23 heavy (non-hydrogen) atoms. The molecule has 0 radical (unpaired) electrons. The van der Waals surface area contributed by atoms with Crippen molar-refractivity contribution in [2.24, 2.45) is 5.73 Å². The van der Waals surface area contributed by atoms with Crippen molar-refractivity contribution in [3.63, 3.8) is 0 Å². The minimum Gasteiger partial charge on any atom is -0.355 e. The van der Waals surface area contributed by atoms with Crippen molar-refractivity contribution in [1.82, 2.24) is 10.6 Å². The van der Waals surface area contributed by atoms with Crippen molar-refractivity contribution in [2.75, 3.05) is 13.1 Å². The third-order valence-corrected chi connectivity index (χ3v) is 3.93. The molecule has 0 aromatic heterocycles. The Balaban J connectivity index is 0.00000484. The molecule has 2 amide bonds. The Morgan fingerprint density at radius 1 is 1.04 bits per heavy atom. The summed E-state index contributed by atoms with van der Waals surface area (Å²) in [6.07, 6.45) is 2.24. The lowest BCUT2D eigenvalue weighted by Crippen LogP contribution is -2.49. The second-order valence-electron chi connectivity index (χ2n) is 5.61. The van der Waals surface area contributed by atoms with Gasteiger partial charge in [-0.25, -0.2) is 0 Å². The Kier molecular flexibility index (Phi) is 10.3. The second kappa shape index (κ2) is 11.0. The Bertz CT molecular complexity index is 476. The normalized spacial score (nSPS) is 10.6. The molecule has 0 fully saturated rings. The zero-order valence-electron chi connectivity index (χ0n) is 13.9. The van der Waals surface area contributed by atoms with Gasteiger partial charge in [0, 0.05) is 25.0 Å². The first-order valence-electron chi connectivity index (χ1n) is 7.85. The fraction of sp³-hybridized carbons (Fsp3) is 0.529. The lowest BCUT2D eigenvalue weighted by molar-refractivity contribution is -0.122. The van der Waals surface area contributed by atoms with Crippen molar-refractivity contribution in [1.29, 1.82) is 0 Å². The van der Waals surface area contributed by atoms with E-state index >= 15 is 0 Å². The van der Waals surface area contributed by atoms with Gasteiger partial charge in [-0.1, -0.05) is 44.2 Å². The van der Waals surface area contributed by atoms with E-state index in [4.69, 9.17) is 5.73 Å². The van der Waals surface area contributed by atoms with Gasteiger partial charge in [-0.3, -0.25) is 9.59 Å². The van der Waals surface area contributed by atoms with Crippen molar-refractivity contribution in [3.8, 4) is 0 Å². The Morgan fingerprint density at radius 2 is 1.65 bits per heavy atom. The number of carbonyl (C=O) groups excluding carboxylic acids is 2. The van der Waals surface area contributed by atoms with E-state index in [9.17, 15) is 9.59 Å². The van der Waals surface area contributed by atoms with Crippen LogP contribution in [0.2, 0.25) is 0 Å². The van der Waals surface area contributed by atoms with Crippen molar-refractivity contribution < 1.29 is 9.59 Å². The lowest BCUT2D eigenvalue weighted by Gasteiger charge is -2.26. The maximum atomic E-state index is 11.7. The molecule has 1 aromatic rings. The lowest BCUT2D eigenvalue weighted by atomic mass is 9.94. The van der Waals surface area contributed by atoms with E-state index in [0.717, 1.165) is 18.4 Å². The van der Waals surface area contributed by atoms with Crippen LogP contribution in [0, 0.1) is 0 Å². The molecule has 0 aliphatic heterocycles. The van der Waals surface area contributed by atoms with Crippen molar-refractivity contribution in [2.45, 2.75) is 45.1 Å². The Morgan fingerprint density at radius 3 is 2.22 bits per heavy atom. The fourth-order valence-electron chi connectivity index (χ4n) is 2.02. The predicted octanol–water partition coefficient (Wildman–Crippen LogP) is 1.79. The number of nitrogens with one attached hydrogen (secondary N) is 2. The number of rotatable bonds is 9. The predicted molar refractivity (Wildman–Crippen MR) is 95.5 cm³/mol. The van der Waals surface area contributed by atoms with E-state index in [0.29, 0.717) is 19.5 Å². The van der Waals surface area contributed by atoms with Crippen LogP contribution in [0.4, 0.5) is 0 Å². The Hall–Kier alpha value is -1.59. The summed E-state index contributed by atoms with van der Waals surface area (Å²) in [7, 11) is 0. The molecule has 4 N–H and O–H groups in total. The van der Waals surface area contributed by atoms with E-state index in [-0.39, 0.29) is 36.2 Å². The summed E-state index contributed by atoms with van der Waals surface area (Å²) >= 11 is 0. The first-order valence-corrected chi connectivity index (χ1v) is 7.85. The molecule has 0 unspecified atom stereocenters. The molecule has 0 spiro atoms. The van der Waals surface area contributed by atoms with Crippen LogP contribution >= 0.6 is 12.4 Å². The number of nitrogens with two attached hydrogens (primary N) is 1. The maximum Gasteiger partial charge on any atom is 0.224 e. The van der Waals surface area contributed by atoms with Gasteiger partial charge in [0.05, 0.1) is 6.42 Å². The van der Waals surface area contributed by atoms with Crippen LogP contribution < -0.4 is 16.4 Å². The van der Waals surface area contributed by atoms with Crippen LogP contribution in [-0.4, -0.2) is 30.4 Å². The smallest absolute Gasteiger partial charge is 0.224 e. The van der Waals surface area contributed by atoms with Crippen LogP contribution in [0.3, 0.4) is 0 Å². The highest BCUT2D eigenvalue weighted by Crippen LogP contribution is 2.09. The summed E-state index contributed by atoms with van der Waals surface area (Å²) in [5.74, 6) is -0.161. The molecule has 1 aromatic carbocycles. The first-order chi connectivity index (χ1) is 10.5. The first kappa shape index (κ1) is 21.4. The third-order valence-electron chi connectivity index (χ3n) is 3.93. The van der Waals surface area contributed by atoms with E-state index in [2.05, 4.69) is 10.6 Å². The zero-order chi connectivity index (χ0) is 16.4. The molecule has 0 saturated carbocycles. The number of hydrogen-bond acceptors (Lipinski definition) is 3. The standard InChI is InChI=1S/C17H27N3O2.ClH/c1-3-17(18,4-2)13-20-15(21)10-11-19-16(22)12-14-8-6-5-7-9-14;/h5-9H,3-4,10-13,18H2,1-2H3,(H,19,22)(H,20,21);1H. The van der Waals surface area contributed by atoms with E-state index < -0.39 is 0 Å². The molecule has 130 valence electrons. The van der Waals surface area contributed by atoms with E-state index in [1.54, 1.807) is 0 Å². The molecule has 0 heterocycles. The monoisotopic (exact) mass is 341 g/mol. The van der Waals surface area contributed by atoms with Crippen LogP contribution in [0.5, 0.6) is 0 Å². The second-order valence-corrected chi connectivity index (χ2v) is 5.61. The average molecular weight is 342 g/mol. The summed E-state index contributed by atoms with van der Waals surface area (Å²) in [6.45, 7) is 4.84. The van der Waals surface area contributed by atoms with Gasteiger partial charge < -0.3 is 16.4 Å². The summed E-state index contributed by atoms with van der Waals surface area (Å²) in [4.78, 5) is 23.5. The van der Waals surface area contributed by atoms with Gasteiger partial charge in [-0.05, 0) is 18.4 Å². The maximum absolute atomic E-state index is 11.7. The average Bonchev–Trinajstić information content (AvgIpc) is 2.53. The van der Waals surface area contributed by atoms with E-state index in [1.807, 2.05) is 44.2 Å². The van der Waals surface area contributed by atoms with Crippen molar-refractivity contribution in [3.05, 3.63) is 35.9 Å². The summed E-state index contributed by atoms with van der Waals surface area (Å²) < 4.78 is 0. The summed E-state index contributed by atoms with van der Waals surface area (Å²) in [6, 6.07) is 9.52. The van der Waals surface area contributed by atoms with Crippen molar-refractivity contribution >= 4 is 24.2 Å². The Labute approximate surface area is 144 Å². The van der Waals surface area contributed by atoms with Gasteiger partial charge in [0.25, 0.3) is 0 Å². The molecule has 0 bridgehead atoms. The minimum absolute atomic E-state index is 0. The third kappa shape index (κ3) is 8.57. The van der Waals surface area contributed by atoms with Gasteiger partial charge >= 0.3 is 0 Å². The molecular weight excluding hydrogens is 314 g/mol.